The van der Waals surface area contributed by atoms with Crippen molar-refractivity contribution >= 4 is 22.3 Å². The van der Waals surface area contributed by atoms with Crippen LogP contribution in [0.5, 0.6) is 0 Å². The molecule has 5 rings (SSSR count). The molecule has 2 N–H and O–H groups in total. The number of piperidine rings is 1. The third-order valence-electron chi connectivity index (χ3n) is 6.63. The van der Waals surface area contributed by atoms with E-state index >= 15 is 0 Å². The van der Waals surface area contributed by atoms with Crippen molar-refractivity contribution in [2.45, 2.75) is 25.8 Å². The Kier molecular flexibility index (Phi) is 7.59. The second-order valence-corrected chi connectivity index (χ2v) is 9.94. The van der Waals surface area contributed by atoms with Crippen molar-refractivity contribution in [3.8, 4) is 22.5 Å². The van der Waals surface area contributed by atoms with Crippen LogP contribution in [0.1, 0.15) is 24.8 Å². The van der Waals surface area contributed by atoms with Crippen molar-refractivity contribution in [3.63, 3.8) is 0 Å². The Bertz CT molecular complexity index is 1300. The van der Waals surface area contributed by atoms with Crippen LogP contribution in [0.2, 0.25) is 0 Å². The Balaban J connectivity index is 1.34. The highest BCUT2D eigenvalue weighted by molar-refractivity contribution is 7.77. The lowest BCUT2D eigenvalue weighted by Crippen LogP contribution is -2.36. The van der Waals surface area contributed by atoms with Crippen molar-refractivity contribution in [1.29, 1.82) is 0 Å². The predicted molar refractivity (Wildman–Crippen MR) is 142 cm³/mol. The molecule has 1 aliphatic rings. The van der Waals surface area contributed by atoms with E-state index in [0.717, 1.165) is 66.0 Å². The van der Waals surface area contributed by atoms with E-state index in [1.54, 1.807) is 0 Å². The molecule has 0 spiro atoms. The minimum Gasteiger partial charge on any atom is -0.299 e. The van der Waals surface area contributed by atoms with Gasteiger partial charge in [0.25, 0.3) is 0 Å². The zero-order valence-corrected chi connectivity index (χ0v) is 20.5. The molecule has 7 heteroatoms. The van der Waals surface area contributed by atoms with Gasteiger partial charge in [0.2, 0.25) is 11.3 Å². The maximum atomic E-state index is 10.8. The van der Waals surface area contributed by atoms with Gasteiger partial charge >= 0.3 is 0 Å². The van der Waals surface area contributed by atoms with Crippen molar-refractivity contribution < 1.29 is 8.76 Å². The average molecular weight is 487 g/mol. The number of fused-ring (bicyclic) bond motifs is 1. The van der Waals surface area contributed by atoms with Gasteiger partial charge in [-0.15, -0.1) is 0 Å². The van der Waals surface area contributed by atoms with Crippen LogP contribution >= 0.6 is 0 Å². The van der Waals surface area contributed by atoms with E-state index < -0.39 is 11.3 Å². The molecule has 180 valence electrons. The Morgan fingerprint density at radius 2 is 1.51 bits per heavy atom. The molecule has 0 radical (unpaired) electrons. The maximum Gasteiger partial charge on any atom is 0.231 e. The second-order valence-electron chi connectivity index (χ2n) is 9.15. The van der Waals surface area contributed by atoms with Gasteiger partial charge in [-0.2, -0.15) is 0 Å². The summed E-state index contributed by atoms with van der Waals surface area (Å²) in [5, 5.41) is 0. The van der Waals surface area contributed by atoms with Crippen LogP contribution in [0.4, 0.5) is 0 Å². The minimum atomic E-state index is -1.92. The first kappa shape index (κ1) is 23.8. The highest BCUT2D eigenvalue weighted by Gasteiger charge is 2.20. The van der Waals surface area contributed by atoms with Gasteiger partial charge in [0.15, 0.2) is 0 Å². The van der Waals surface area contributed by atoms with E-state index in [9.17, 15) is 4.21 Å². The lowest BCUT2D eigenvalue weighted by molar-refractivity contribution is 0.162. The summed E-state index contributed by atoms with van der Waals surface area (Å²) in [6.45, 7) is 3.60. The molecule has 2 atom stereocenters. The van der Waals surface area contributed by atoms with Crippen LogP contribution < -0.4 is 4.72 Å². The molecule has 0 bridgehead atoms. The van der Waals surface area contributed by atoms with Crippen LogP contribution in [-0.2, 0) is 17.8 Å². The third-order valence-corrected chi connectivity index (χ3v) is 7.08. The largest absolute Gasteiger partial charge is 0.299 e. The molecule has 2 heterocycles. The number of para-hydroxylation sites is 2. The summed E-state index contributed by atoms with van der Waals surface area (Å²) in [5.41, 5.74) is 6.98. The molecule has 1 saturated heterocycles. The quantitative estimate of drug-likeness (QED) is 0.331. The molecule has 1 aromatic heterocycles. The highest BCUT2D eigenvalue weighted by atomic mass is 32.2. The molecule has 4 aromatic rings. The molecule has 6 nitrogen and oxygen atoms in total. The third kappa shape index (κ3) is 6.00. The van der Waals surface area contributed by atoms with E-state index in [1.165, 1.54) is 12.0 Å². The first-order chi connectivity index (χ1) is 17.2. The first-order valence-corrected chi connectivity index (χ1v) is 13.2. The van der Waals surface area contributed by atoms with Gasteiger partial charge in [-0.25, -0.2) is 18.9 Å². The fraction of sp³-hybridized carbons (Fsp3) is 0.286. The molecular weight excluding hydrogens is 456 g/mol. The number of nitrogens with one attached hydrogen (secondary N) is 1. The summed E-state index contributed by atoms with van der Waals surface area (Å²) < 4.78 is 22.3. The number of likely N-dealkylation sites (tertiary alicyclic amines) is 1. The minimum absolute atomic E-state index is 0.556. The first-order valence-electron chi connectivity index (χ1n) is 12.1. The Hall–Kier alpha value is -2.97. The summed E-state index contributed by atoms with van der Waals surface area (Å²) >= 11 is -1.92. The van der Waals surface area contributed by atoms with Crippen LogP contribution in [0.3, 0.4) is 0 Å². The molecular formula is C28H30N4O2S. The fourth-order valence-electron chi connectivity index (χ4n) is 4.91. The zero-order chi connectivity index (χ0) is 24.0. The molecule has 35 heavy (non-hydrogen) atoms. The summed E-state index contributed by atoms with van der Waals surface area (Å²) in [5.74, 6) is 0.556. The number of aromatic nitrogens is 2. The van der Waals surface area contributed by atoms with Crippen LogP contribution in [0.25, 0.3) is 33.5 Å². The number of benzene rings is 3. The Morgan fingerprint density at radius 1 is 0.886 bits per heavy atom. The average Bonchev–Trinajstić information content (AvgIpc) is 2.89. The van der Waals surface area contributed by atoms with Crippen molar-refractivity contribution in [2.24, 2.45) is 5.92 Å². The maximum absolute atomic E-state index is 10.8. The van der Waals surface area contributed by atoms with Crippen molar-refractivity contribution in [3.05, 3.63) is 84.4 Å². The lowest BCUT2D eigenvalue weighted by Gasteiger charge is -2.32. The molecule has 1 aliphatic heterocycles. The van der Waals surface area contributed by atoms with Crippen LogP contribution in [0.15, 0.2) is 78.9 Å². The molecule has 1 fully saturated rings. The summed E-state index contributed by atoms with van der Waals surface area (Å²) in [6, 6.07) is 27.0. The molecule has 0 amide bonds. The van der Waals surface area contributed by atoms with E-state index in [0.29, 0.717) is 12.5 Å². The van der Waals surface area contributed by atoms with Gasteiger partial charge in [0.1, 0.15) is 0 Å². The van der Waals surface area contributed by atoms with Crippen LogP contribution in [0, 0.1) is 5.92 Å². The van der Waals surface area contributed by atoms with Gasteiger partial charge < -0.3 is 0 Å². The monoisotopic (exact) mass is 486 g/mol. The second kappa shape index (κ2) is 11.2. The zero-order valence-electron chi connectivity index (χ0n) is 19.6. The highest BCUT2D eigenvalue weighted by Crippen LogP contribution is 2.31. The van der Waals surface area contributed by atoms with E-state index in [2.05, 4.69) is 46.0 Å². The summed E-state index contributed by atoms with van der Waals surface area (Å²) in [6.07, 6.45) is 3.26. The van der Waals surface area contributed by atoms with Crippen molar-refractivity contribution in [1.82, 2.24) is 19.6 Å². The van der Waals surface area contributed by atoms with Gasteiger partial charge in [-0.05, 0) is 49.4 Å². The van der Waals surface area contributed by atoms with E-state index in [-0.39, 0.29) is 0 Å². The predicted octanol–water partition coefficient (Wildman–Crippen LogP) is 5.29. The molecule has 2 unspecified atom stereocenters. The van der Waals surface area contributed by atoms with Gasteiger partial charge in [-0.1, -0.05) is 66.7 Å². The molecule has 0 aliphatic carbocycles. The number of rotatable bonds is 8. The fourth-order valence-corrected chi connectivity index (χ4v) is 5.20. The standard InChI is InChI=1S/C28H30N4O2S/c33-35(34)29-17-16-21-7-6-18-32(19-21)20-22-12-14-24(15-13-22)28-27(23-8-2-1-3-9-23)30-25-10-4-5-11-26(25)31-28/h1-5,8-15,21,29H,6-7,16-20H2,(H,33,34). The molecule has 0 saturated carbocycles. The van der Waals surface area contributed by atoms with E-state index in [4.69, 9.17) is 14.5 Å². The normalized spacial score (nSPS) is 17.5. The summed E-state index contributed by atoms with van der Waals surface area (Å²) in [7, 11) is 0. The van der Waals surface area contributed by atoms with Gasteiger partial charge in [0, 0.05) is 30.8 Å². The van der Waals surface area contributed by atoms with E-state index in [1.807, 2.05) is 42.5 Å². The topological polar surface area (TPSA) is 78.4 Å². The summed E-state index contributed by atoms with van der Waals surface area (Å²) in [4.78, 5) is 12.5. The smallest absolute Gasteiger partial charge is 0.231 e. The number of nitrogens with zero attached hydrogens (tertiary/aromatic N) is 3. The van der Waals surface area contributed by atoms with Crippen LogP contribution in [-0.4, -0.2) is 43.3 Å². The van der Waals surface area contributed by atoms with Gasteiger partial charge in [0.05, 0.1) is 22.4 Å². The SMILES string of the molecule is O=S(O)NCCC1CCCN(Cc2ccc(-c3nc4ccccc4nc3-c3ccccc3)cc2)C1. The van der Waals surface area contributed by atoms with Gasteiger partial charge in [-0.3, -0.25) is 9.45 Å². The Labute approximate surface area is 208 Å². The number of hydrogen-bond donors (Lipinski definition) is 2. The van der Waals surface area contributed by atoms with Crippen molar-refractivity contribution in [2.75, 3.05) is 19.6 Å². The molecule has 3 aromatic carbocycles. The lowest BCUT2D eigenvalue weighted by atomic mass is 9.94. The Morgan fingerprint density at radius 3 is 2.17 bits per heavy atom. The number of hydrogen-bond acceptors (Lipinski definition) is 4.